The molecule has 0 aliphatic carbocycles. The van der Waals surface area contributed by atoms with Crippen molar-refractivity contribution in [1.82, 2.24) is 0 Å². The average molecular weight is 346 g/mol. The van der Waals surface area contributed by atoms with Crippen LogP contribution in [0.15, 0.2) is 40.9 Å². The van der Waals surface area contributed by atoms with Crippen LogP contribution in [0.1, 0.15) is 48.6 Å². The van der Waals surface area contributed by atoms with Crippen molar-refractivity contribution < 1.29 is 0 Å². The standard InChI is InChI=1S/C19H24BrN/c1-5-6-16-7-9-17(10-8-16)15(4)21-19-13(2)11-18(20)12-14(19)3/h7-12,15,21H,5-6H2,1-4H3. The first-order chi connectivity index (χ1) is 10.0. The van der Waals surface area contributed by atoms with Gasteiger partial charge in [-0.05, 0) is 61.6 Å². The van der Waals surface area contributed by atoms with Crippen LogP contribution in [-0.4, -0.2) is 0 Å². The Morgan fingerprint density at radius 3 is 2.14 bits per heavy atom. The zero-order valence-corrected chi connectivity index (χ0v) is 14.9. The van der Waals surface area contributed by atoms with Gasteiger partial charge in [-0.2, -0.15) is 0 Å². The van der Waals surface area contributed by atoms with Gasteiger partial charge in [0, 0.05) is 16.2 Å². The molecular weight excluding hydrogens is 322 g/mol. The van der Waals surface area contributed by atoms with Gasteiger partial charge in [-0.1, -0.05) is 53.5 Å². The summed E-state index contributed by atoms with van der Waals surface area (Å²) in [6, 6.07) is 13.6. The van der Waals surface area contributed by atoms with E-state index >= 15 is 0 Å². The molecule has 1 atom stereocenters. The molecule has 1 N–H and O–H groups in total. The third-order valence-electron chi connectivity index (χ3n) is 3.88. The van der Waals surface area contributed by atoms with Crippen LogP contribution in [0, 0.1) is 13.8 Å². The summed E-state index contributed by atoms with van der Waals surface area (Å²) < 4.78 is 1.14. The topological polar surface area (TPSA) is 12.0 Å². The lowest BCUT2D eigenvalue weighted by Gasteiger charge is -2.20. The molecule has 2 heteroatoms. The van der Waals surface area contributed by atoms with Crippen LogP contribution < -0.4 is 5.32 Å². The number of hydrogen-bond acceptors (Lipinski definition) is 1. The molecule has 0 aliphatic heterocycles. The van der Waals surface area contributed by atoms with Gasteiger partial charge in [0.05, 0.1) is 0 Å². The van der Waals surface area contributed by atoms with E-state index in [1.165, 1.54) is 34.4 Å². The summed E-state index contributed by atoms with van der Waals surface area (Å²) in [5.41, 5.74) is 6.54. The maximum atomic E-state index is 3.65. The van der Waals surface area contributed by atoms with Gasteiger partial charge in [-0.3, -0.25) is 0 Å². The summed E-state index contributed by atoms with van der Waals surface area (Å²) in [5.74, 6) is 0. The van der Waals surface area contributed by atoms with E-state index in [1.807, 2.05) is 0 Å². The molecule has 2 aromatic carbocycles. The molecule has 1 unspecified atom stereocenters. The molecule has 0 amide bonds. The molecule has 1 nitrogen and oxygen atoms in total. The second kappa shape index (κ2) is 7.13. The molecule has 21 heavy (non-hydrogen) atoms. The zero-order valence-electron chi connectivity index (χ0n) is 13.3. The molecule has 2 rings (SSSR count). The molecule has 0 saturated heterocycles. The van der Waals surface area contributed by atoms with Gasteiger partial charge in [0.2, 0.25) is 0 Å². The van der Waals surface area contributed by atoms with Crippen molar-refractivity contribution in [3.8, 4) is 0 Å². The summed E-state index contributed by atoms with van der Waals surface area (Å²) in [7, 11) is 0. The number of halogens is 1. The SMILES string of the molecule is CCCc1ccc(C(C)Nc2c(C)cc(Br)cc2C)cc1. The Kier molecular flexibility index (Phi) is 5.46. The monoisotopic (exact) mass is 345 g/mol. The maximum absolute atomic E-state index is 3.65. The highest BCUT2D eigenvalue weighted by atomic mass is 79.9. The van der Waals surface area contributed by atoms with Crippen molar-refractivity contribution in [2.24, 2.45) is 0 Å². The highest BCUT2D eigenvalue weighted by molar-refractivity contribution is 9.10. The number of aryl methyl sites for hydroxylation is 3. The molecule has 2 aromatic rings. The Hall–Kier alpha value is -1.28. The van der Waals surface area contributed by atoms with Crippen molar-refractivity contribution in [3.63, 3.8) is 0 Å². The van der Waals surface area contributed by atoms with E-state index in [2.05, 4.69) is 85.3 Å². The van der Waals surface area contributed by atoms with E-state index in [-0.39, 0.29) is 0 Å². The van der Waals surface area contributed by atoms with Gasteiger partial charge in [0.1, 0.15) is 0 Å². The van der Waals surface area contributed by atoms with E-state index in [1.54, 1.807) is 0 Å². The highest BCUT2D eigenvalue weighted by Gasteiger charge is 2.09. The number of rotatable bonds is 5. The first kappa shape index (κ1) is 16.1. The van der Waals surface area contributed by atoms with Crippen LogP contribution in [0.25, 0.3) is 0 Å². The maximum Gasteiger partial charge on any atom is 0.0485 e. The van der Waals surface area contributed by atoms with Crippen molar-refractivity contribution in [2.75, 3.05) is 5.32 Å². The quantitative estimate of drug-likeness (QED) is 0.680. The van der Waals surface area contributed by atoms with E-state index < -0.39 is 0 Å². The van der Waals surface area contributed by atoms with Gasteiger partial charge >= 0.3 is 0 Å². The third kappa shape index (κ3) is 4.10. The Labute approximate surface area is 136 Å². The number of nitrogens with one attached hydrogen (secondary N) is 1. The minimum absolute atomic E-state index is 0.305. The number of benzene rings is 2. The minimum atomic E-state index is 0.305. The summed E-state index contributed by atoms with van der Waals surface area (Å²) in [6.07, 6.45) is 2.36. The summed E-state index contributed by atoms with van der Waals surface area (Å²) >= 11 is 3.55. The van der Waals surface area contributed by atoms with E-state index in [9.17, 15) is 0 Å². The minimum Gasteiger partial charge on any atom is -0.378 e. The van der Waals surface area contributed by atoms with E-state index in [4.69, 9.17) is 0 Å². The van der Waals surface area contributed by atoms with Crippen molar-refractivity contribution in [1.29, 1.82) is 0 Å². The first-order valence-electron chi connectivity index (χ1n) is 7.63. The Morgan fingerprint density at radius 1 is 1.05 bits per heavy atom. The molecule has 0 aliphatic rings. The summed E-state index contributed by atoms with van der Waals surface area (Å²) in [4.78, 5) is 0. The number of hydrogen-bond donors (Lipinski definition) is 1. The molecule has 0 radical (unpaired) electrons. The van der Waals surface area contributed by atoms with Crippen LogP contribution in [0.3, 0.4) is 0 Å². The van der Waals surface area contributed by atoms with Crippen LogP contribution in [-0.2, 0) is 6.42 Å². The fourth-order valence-corrected chi connectivity index (χ4v) is 3.39. The van der Waals surface area contributed by atoms with Crippen LogP contribution in [0.5, 0.6) is 0 Å². The van der Waals surface area contributed by atoms with Gasteiger partial charge in [-0.25, -0.2) is 0 Å². The Balaban J connectivity index is 2.16. The molecule has 0 bridgehead atoms. The molecule has 112 valence electrons. The second-order valence-electron chi connectivity index (χ2n) is 5.77. The zero-order chi connectivity index (χ0) is 15.4. The Morgan fingerprint density at radius 2 is 1.62 bits per heavy atom. The van der Waals surface area contributed by atoms with Gasteiger partial charge in [0.15, 0.2) is 0 Å². The fraction of sp³-hybridized carbons (Fsp3) is 0.368. The smallest absolute Gasteiger partial charge is 0.0485 e. The predicted octanol–water partition coefficient (Wildman–Crippen LogP) is 6.19. The lowest BCUT2D eigenvalue weighted by atomic mass is 10.0. The number of anilines is 1. The molecule has 0 saturated carbocycles. The lowest BCUT2D eigenvalue weighted by Crippen LogP contribution is -2.09. The Bertz CT molecular complexity index is 578. The van der Waals surface area contributed by atoms with Crippen molar-refractivity contribution >= 4 is 21.6 Å². The van der Waals surface area contributed by atoms with Crippen molar-refractivity contribution in [2.45, 2.75) is 46.6 Å². The molecule has 0 heterocycles. The van der Waals surface area contributed by atoms with Gasteiger partial charge in [-0.15, -0.1) is 0 Å². The third-order valence-corrected chi connectivity index (χ3v) is 4.33. The summed E-state index contributed by atoms with van der Waals surface area (Å²) in [5, 5.41) is 3.65. The molecule has 0 fully saturated rings. The molecule has 0 spiro atoms. The normalized spacial score (nSPS) is 12.2. The van der Waals surface area contributed by atoms with Crippen LogP contribution >= 0.6 is 15.9 Å². The van der Waals surface area contributed by atoms with Gasteiger partial charge < -0.3 is 5.32 Å². The van der Waals surface area contributed by atoms with Crippen LogP contribution in [0.2, 0.25) is 0 Å². The lowest BCUT2D eigenvalue weighted by molar-refractivity contribution is 0.872. The van der Waals surface area contributed by atoms with E-state index in [0.717, 1.165) is 10.9 Å². The fourth-order valence-electron chi connectivity index (χ4n) is 2.70. The summed E-state index contributed by atoms with van der Waals surface area (Å²) in [6.45, 7) is 8.74. The highest BCUT2D eigenvalue weighted by Crippen LogP contribution is 2.28. The first-order valence-corrected chi connectivity index (χ1v) is 8.42. The van der Waals surface area contributed by atoms with E-state index in [0.29, 0.717) is 6.04 Å². The largest absolute Gasteiger partial charge is 0.378 e. The molecule has 0 aromatic heterocycles. The predicted molar refractivity (Wildman–Crippen MR) is 96.1 cm³/mol. The van der Waals surface area contributed by atoms with Crippen molar-refractivity contribution in [3.05, 3.63) is 63.1 Å². The molecular formula is C19H24BrN. The average Bonchev–Trinajstić information content (AvgIpc) is 2.43. The second-order valence-corrected chi connectivity index (χ2v) is 6.69. The van der Waals surface area contributed by atoms with Gasteiger partial charge in [0.25, 0.3) is 0 Å². The van der Waals surface area contributed by atoms with Crippen LogP contribution in [0.4, 0.5) is 5.69 Å².